The molecule has 2 aliphatic rings. The average Bonchev–Trinajstić information content (AvgIpc) is 2.62. The third-order valence-corrected chi connectivity index (χ3v) is 5.40. The van der Waals surface area contributed by atoms with E-state index in [0.29, 0.717) is 0 Å². The predicted molar refractivity (Wildman–Crippen MR) is 98.3 cm³/mol. The Hall–Kier alpha value is -1.11. The van der Waals surface area contributed by atoms with Crippen LogP contribution >= 0.6 is 15.9 Å². The van der Waals surface area contributed by atoms with E-state index < -0.39 is 0 Å². The highest BCUT2D eigenvalue weighted by atomic mass is 79.9. The van der Waals surface area contributed by atoms with E-state index in [1.807, 2.05) is 29.2 Å². The summed E-state index contributed by atoms with van der Waals surface area (Å²) in [7, 11) is 0. The molecule has 0 unspecified atom stereocenters. The van der Waals surface area contributed by atoms with Crippen molar-refractivity contribution in [1.29, 1.82) is 0 Å². The Balaban J connectivity index is 1.37. The number of rotatable bonds is 5. The zero-order valence-electron chi connectivity index (χ0n) is 14.0. The standard InChI is InChI=1S/C18H26BrN3O2/c19-16-1-3-17(4-2-16)24-14-18(23)22-11-9-21(10-12-22)13-15-5-7-20-8-6-15/h1-4,15,20H,5-14H2. The van der Waals surface area contributed by atoms with Crippen molar-refractivity contribution in [1.82, 2.24) is 15.1 Å². The fourth-order valence-corrected chi connectivity index (χ4v) is 3.64. The van der Waals surface area contributed by atoms with Crippen LogP contribution in [-0.4, -0.2) is 68.1 Å². The smallest absolute Gasteiger partial charge is 0.260 e. The number of carbonyl (C=O) groups is 1. The molecule has 2 saturated heterocycles. The minimum Gasteiger partial charge on any atom is -0.484 e. The van der Waals surface area contributed by atoms with Crippen molar-refractivity contribution in [2.24, 2.45) is 5.92 Å². The Kier molecular flexibility index (Phi) is 6.51. The number of amides is 1. The quantitative estimate of drug-likeness (QED) is 0.827. The van der Waals surface area contributed by atoms with Gasteiger partial charge in [-0.05, 0) is 56.1 Å². The van der Waals surface area contributed by atoms with Crippen LogP contribution < -0.4 is 10.1 Å². The minimum atomic E-state index is 0.0828. The second-order valence-electron chi connectivity index (χ2n) is 6.62. The molecule has 0 saturated carbocycles. The Labute approximate surface area is 152 Å². The molecule has 2 heterocycles. The van der Waals surface area contributed by atoms with Gasteiger partial charge in [0.15, 0.2) is 6.61 Å². The molecule has 0 aromatic heterocycles. The van der Waals surface area contributed by atoms with E-state index in [1.54, 1.807) is 0 Å². The Bertz CT molecular complexity index is 524. The summed E-state index contributed by atoms with van der Waals surface area (Å²) in [5.41, 5.74) is 0. The van der Waals surface area contributed by atoms with Gasteiger partial charge in [-0.1, -0.05) is 15.9 Å². The second kappa shape index (κ2) is 8.83. The van der Waals surface area contributed by atoms with Crippen LogP contribution in [0.5, 0.6) is 5.75 Å². The molecule has 1 aromatic carbocycles. The fraction of sp³-hybridized carbons (Fsp3) is 0.611. The molecule has 0 radical (unpaired) electrons. The lowest BCUT2D eigenvalue weighted by Crippen LogP contribution is -2.51. The fourth-order valence-electron chi connectivity index (χ4n) is 3.38. The van der Waals surface area contributed by atoms with Crippen molar-refractivity contribution in [3.63, 3.8) is 0 Å². The number of hydrogen-bond acceptors (Lipinski definition) is 4. The lowest BCUT2D eigenvalue weighted by atomic mass is 9.97. The van der Waals surface area contributed by atoms with Gasteiger partial charge in [0, 0.05) is 37.2 Å². The van der Waals surface area contributed by atoms with Crippen LogP contribution in [0.2, 0.25) is 0 Å². The van der Waals surface area contributed by atoms with Gasteiger partial charge in [-0.3, -0.25) is 9.69 Å². The van der Waals surface area contributed by atoms with E-state index in [4.69, 9.17) is 4.74 Å². The molecule has 3 rings (SSSR count). The second-order valence-corrected chi connectivity index (χ2v) is 7.53. The highest BCUT2D eigenvalue weighted by molar-refractivity contribution is 9.10. The monoisotopic (exact) mass is 395 g/mol. The molecule has 0 aliphatic carbocycles. The summed E-state index contributed by atoms with van der Waals surface area (Å²) in [6.07, 6.45) is 2.56. The van der Waals surface area contributed by atoms with Gasteiger partial charge in [0.25, 0.3) is 5.91 Å². The van der Waals surface area contributed by atoms with E-state index in [9.17, 15) is 4.79 Å². The summed E-state index contributed by atoms with van der Waals surface area (Å²) in [6, 6.07) is 7.57. The van der Waals surface area contributed by atoms with Crippen LogP contribution in [0.3, 0.4) is 0 Å². The Morgan fingerprint density at radius 3 is 2.46 bits per heavy atom. The molecule has 6 heteroatoms. The van der Waals surface area contributed by atoms with Gasteiger partial charge in [-0.25, -0.2) is 0 Å². The van der Waals surface area contributed by atoms with E-state index in [2.05, 4.69) is 26.1 Å². The first-order valence-corrected chi connectivity index (χ1v) is 9.59. The zero-order valence-corrected chi connectivity index (χ0v) is 15.6. The van der Waals surface area contributed by atoms with Gasteiger partial charge < -0.3 is 15.0 Å². The van der Waals surface area contributed by atoms with Crippen molar-refractivity contribution in [3.8, 4) is 5.75 Å². The van der Waals surface area contributed by atoms with Crippen LogP contribution in [-0.2, 0) is 4.79 Å². The van der Waals surface area contributed by atoms with E-state index in [1.165, 1.54) is 19.4 Å². The first kappa shape index (κ1) is 17.7. The number of piperidine rings is 1. The van der Waals surface area contributed by atoms with E-state index in [-0.39, 0.29) is 12.5 Å². The number of ether oxygens (including phenoxy) is 1. The Morgan fingerprint density at radius 1 is 1.12 bits per heavy atom. The lowest BCUT2D eigenvalue weighted by molar-refractivity contribution is -0.135. The SMILES string of the molecule is O=C(COc1ccc(Br)cc1)N1CCN(CC2CCNCC2)CC1. The van der Waals surface area contributed by atoms with Crippen molar-refractivity contribution in [2.75, 3.05) is 52.4 Å². The third-order valence-electron chi connectivity index (χ3n) is 4.88. The van der Waals surface area contributed by atoms with Crippen LogP contribution in [0.15, 0.2) is 28.7 Å². The van der Waals surface area contributed by atoms with Crippen LogP contribution in [0.4, 0.5) is 0 Å². The molecule has 132 valence electrons. The molecule has 5 nitrogen and oxygen atoms in total. The molecular formula is C18H26BrN3O2. The number of carbonyl (C=O) groups excluding carboxylic acids is 1. The van der Waals surface area contributed by atoms with Crippen molar-refractivity contribution in [2.45, 2.75) is 12.8 Å². The number of hydrogen-bond donors (Lipinski definition) is 1. The van der Waals surface area contributed by atoms with Gasteiger partial charge in [0.05, 0.1) is 0 Å². The number of benzene rings is 1. The normalized spacial score (nSPS) is 20.1. The topological polar surface area (TPSA) is 44.8 Å². The maximum Gasteiger partial charge on any atom is 0.260 e. The zero-order chi connectivity index (χ0) is 16.8. The molecule has 1 aromatic rings. The van der Waals surface area contributed by atoms with Gasteiger partial charge >= 0.3 is 0 Å². The molecule has 1 amide bonds. The third kappa shape index (κ3) is 5.19. The maximum absolute atomic E-state index is 12.3. The van der Waals surface area contributed by atoms with Gasteiger partial charge in [0.2, 0.25) is 0 Å². The largest absolute Gasteiger partial charge is 0.484 e. The first-order valence-electron chi connectivity index (χ1n) is 8.80. The molecule has 1 N–H and O–H groups in total. The van der Waals surface area contributed by atoms with Gasteiger partial charge in [-0.2, -0.15) is 0 Å². The van der Waals surface area contributed by atoms with Crippen molar-refractivity contribution in [3.05, 3.63) is 28.7 Å². The number of nitrogens with one attached hydrogen (secondary N) is 1. The summed E-state index contributed by atoms with van der Waals surface area (Å²) in [5.74, 6) is 1.63. The van der Waals surface area contributed by atoms with Crippen LogP contribution in [0.1, 0.15) is 12.8 Å². The molecule has 0 atom stereocenters. The first-order chi connectivity index (χ1) is 11.7. The number of halogens is 1. The molecule has 0 bridgehead atoms. The molecular weight excluding hydrogens is 370 g/mol. The van der Waals surface area contributed by atoms with E-state index in [0.717, 1.165) is 55.4 Å². The van der Waals surface area contributed by atoms with Crippen LogP contribution in [0.25, 0.3) is 0 Å². The highest BCUT2D eigenvalue weighted by Crippen LogP contribution is 2.17. The Morgan fingerprint density at radius 2 is 1.79 bits per heavy atom. The summed E-state index contributed by atoms with van der Waals surface area (Å²) < 4.78 is 6.60. The summed E-state index contributed by atoms with van der Waals surface area (Å²) in [4.78, 5) is 16.7. The maximum atomic E-state index is 12.3. The minimum absolute atomic E-state index is 0.0828. The number of piperazine rings is 1. The van der Waals surface area contributed by atoms with Crippen LogP contribution in [0, 0.1) is 5.92 Å². The summed E-state index contributed by atoms with van der Waals surface area (Å²) >= 11 is 3.39. The molecule has 2 fully saturated rings. The predicted octanol–water partition coefficient (Wildman–Crippen LogP) is 1.97. The lowest BCUT2D eigenvalue weighted by Gasteiger charge is -2.37. The molecule has 2 aliphatic heterocycles. The summed E-state index contributed by atoms with van der Waals surface area (Å²) in [5, 5.41) is 3.42. The van der Waals surface area contributed by atoms with Gasteiger partial charge in [0.1, 0.15) is 5.75 Å². The number of nitrogens with zero attached hydrogens (tertiary/aromatic N) is 2. The molecule has 0 spiro atoms. The van der Waals surface area contributed by atoms with Crippen molar-refractivity contribution >= 4 is 21.8 Å². The highest BCUT2D eigenvalue weighted by Gasteiger charge is 2.24. The van der Waals surface area contributed by atoms with E-state index >= 15 is 0 Å². The summed E-state index contributed by atoms with van der Waals surface area (Å²) in [6.45, 7) is 7.19. The van der Waals surface area contributed by atoms with Gasteiger partial charge in [-0.15, -0.1) is 0 Å². The average molecular weight is 396 g/mol. The van der Waals surface area contributed by atoms with Crippen molar-refractivity contribution < 1.29 is 9.53 Å². The molecule has 24 heavy (non-hydrogen) atoms.